The molecule has 0 bridgehead atoms. The average molecular weight is 317 g/mol. The summed E-state index contributed by atoms with van der Waals surface area (Å²) in [7, 11) is 0. The van der Waals surface area contributed by atoms with E-state index in [1.165, 1.54) is 0 Å². The fourth-order valence-corrected chi connectivity index (χ4v) is 2.95. The van der Waals surface area contributed by atoms with Gasteiger partial charge in [-0.25, -0.2) is 4.79 Å². The van der Waals surface area contributed by atoms with E-state index in [-0.39, 0.29) is 17.9 Å². The molecule has 1 heterocycles. The molecule has 1 aliphatic heterocycles. The van der Waals surface area contributed by atoms with Gasteiger partial charge in [0, 0.05) is 18.8 Å². The molecule has 126 valence electrons. The molecule has 0 radical (unpaired) electrons. The minimum absolute atomic E-state index is 0.0224. The molecule has 1 aromatic carbocycles. The van der Waals surface area contributed by atoms with Crippen molar-refractivity contribution < 1.29 is 9.59 Å². The van der Waals surface area contributed by atoms with Crippen molar-refractivity contribution in [1.29, 1.82) is 0 Å². The van der Waals surface area contributed by atoms with Crippen LogP contribution >= 0.6 is 0 Å². The molecule has 2 N–H and O–H groups in total. The molecule has 2 rings (SSSR count). The van der Waals surface area contributed by atoms with Gasteiger partial charge >= 0.3 is 6.03 Å². The van der Waals surface area contributed by atoms with Crippen LogP contribution in [-0.2, 0) is 4.79 Å². The topological polar surface area (TPSA) is 61.4 Å². The summed E-state index contributed by atoms with van der Waals surface area (Å²) in [5.74, 6) is 0.0703. The summed E-state index contributed by atoms with van der Waals surface area (Å²) in [6, 6.07) is 5.06. The van der Waals surface area contributed by atoms with E-state index in [0.29, 0.717) is 0 Å². The Bertz CT molecular complexity index is 557. The van der Waals surface area contributed by atoms with E-state index in [9.17, 15) is 9.59 Å². The van der Waals surface area contributed by atoms with Crippen molar-refractivity contribution in [2.24, 2.45) is 5.92 Å². The predicted octanol–water partition coefficient (Wildman–Crippen LogP) is 3.07. The van der Waals surface area contributed by atoms with Crippen LogP contribution in [0.1, 0.15) is 37.8 Å². The Labute approximate surface area is 138 Å². The number of rotatable bonds is 4. The Morgan fingerprint density at radius 1 is 1.09 bits per heavy atom. The van der Waals surface area contributed by atoms with Crippen molar-refractivity contribution in [1.82, 2.24) is 10.2 Å². The van der Waals surface area contributed by atoms with E-state index in [1.54, 1.807) is 0 Å². The number of amides is 3. The molecule has 0 aliphatic carbocycles. The molecule has 1 unspecified atom stereocenters. The SMILES string of the molecule is Cc1cccc(C)c1NC(=O)NC(C(=O)N1CCCC1)C(C)C. The van der Waals surface area contributed by atoms with E-state index in [1.807, 2.05) is 50.8 Å². The molecule has 1 aliphatic rings. The van der Waals surface area contributed by atoms with Crippen molar-refractivity contribution in [3.05, 3.63) is 29.3 Å². The Balaban J connectivity index is 2.05. The highest BCUT2D eigenvalue weighted by atomic mass is 16.2. The maximum Gasteiger partial charge on any atom is 0.319 e. The lowest BCUT2D eigenvalue weighted by Crippen LogP contribution is -2.51. The Morgan fingerprint density at radius 2 is 1.65 bits per heavy atom. The number of carbonyl (C=O) groups is 2. The number of benzene rings is 1. The Kier molecular flexibility index (Phi) is 5.64. The molecule has 1 saturated heterocycles. The largest absolute Gasteiger partial charge is 0.341 e. The van der Waals surface area contributed by atoms with Gasteiger partial charge in [0.15, 0.2) is 0 Å². The first kappa shape index (κ1) is 17.3. The van der Waals surface area contributed by atoms with Crippen LogP contribution in [0, 0.1) is 19.8 Å². The Hall–Kier alpha value is -2.04. The smallest absolute Gasteiger partial charge is 0.319 e. The number of carbonyl (C=O) groups excluding carboxylic acids is 2. The van der Waals surface area contributed by atoms with Crippen LogP contribution in [0.5, 0.6) is 0 Å². The van der Waals surface area contributed by atoms with Gasteiger partial charge in [-0.15, -0.1) is 0 Å². The molecular formula is C18H27N3O2. The van der Waals surface area contributed by atoms with E-state index in [0.717, 1.165) is 42.7 Å². The lowest BCUT2D eigenvalue weighted by atomic mass is 10.0. The van der Waals surface area contributed by atoms with Crippen LogP contribution in [-0.4, -0.2) is 36.0 Å². The van der Waals surface area contributed by atoms with Crippen molar-refractivity contribution in [3.63, 3.8) is 0 Å². The highest BCUT2D eigenvalue weighted by Crippen LogP contribution is 2.19. The fraction of sp³-hybridized carbons (Fsp3) is 0.556. The zero-order valence-corrected chi connectivity index (χ0v) is 14.5. The van der Waals surface area contributed by atoms with Gasteiger partial charge in [-0.1, -0.05) is 32.0 Å². The number of nitrogens with zero attached hydrogens (tertiary/aromatic N) is 1. The molecule has 5 heteroatoms. The van der Waals surface area contributed by atoms with E-state index >= 15 is 0 Å². The summed E-state index contributed by atoms with van der Waals surface area (Å²) in [5.41, 5.74) is 2.82. The lowest BCUT2D eigenvalue weighted by Gasteiger charge is -2.27. The van der Waals surface area contributed by atoms with Gasteiger partial charge in [0.25, 0.3) is 0 Å². The Morgan fingerprint density at radius 3 is 2.17 bits per heavy atom. The van der Waals surface area contributed by atoms with Gasteiger partial charge in [0.2, 0.25) is 5.91 Å². The van der Waals surface area contributed by atoms with Crippen LogP contribution in [0.25, 0.3) is 0 Å². The molecule has 1 aromatic rings. The highest BCUT2D eigenvalue weighted by Gasteiger charge is 2.30. The van der Waals surface area contributed by atoms with Gasteiger partial charge < -0.3 is 15.5 Å². The van der Waals surface area contributed by atoms with Gasteiger partial charge in [0.1, 0.15) is 6.04 Å². The van der Waals surface area contributed by atoms with Crippen LogP contribution < -0.4 is 10.6 Å². The second-order valence-electron chi connectivity index (χ2n) is 6.62. The third-order valence-electron chi connectivity index (χ3n) is 4.36. The first-order chi connectivity index (χ1) is 10.9. The maximum absolute atomic E-state index is 12.6. The van der Waals surface area contributed by atoms with Crippen molar-refractivity contribution in [3.8, 4) is 0 Å². The molecule has 5 nitrogen and oxygen atoms in total. The molecular weight excluding hydrogens is 290 g/mol. The summed E-state index contributed by atoms with van der Waals surface area (Å²) >= 11 is 0. The van der Waals surface area contributed by atoms with E-state index < -0.39 is 6.04 Å². The number of nitrogens with one attached hydrogen (secondary N) is 2. The van der Waals surface area contributed by atoms with Gasteiger partial charge in [-0.2, -0.15) is 0 Å². The number of urea groups is 1. The minimum Gasteiger partial charge on any atom is -0.341 e. The summed E-state index contributed by atoms with van der Waals surface area (Å²) < 4.78 is 0. The summed E-state index contributed by atoms with van der Waals surface area (Å²) in [6.07, 6.45) is 2.09. The molecule has 1 atom stereocenters. The summed E-state index contributed by atoms with van der Waals surface area (Å²) in [6.45, 7) is 9.41. The second kappa shape index (κ2) is 7.49. The minimum atomic E-state index is -0.488. The van der Waals surface area contributed by atoms with Gasteiger partial charge in [-0.05, 0) is 43.7 Å². The molecule has 3 amide bonds. The van der Waals surface area contributed by atoms with E-state index in [2.05, 4.69) is 10.6 Å². The van der Waals surface area contributed by atoms with E-state index in [4.69, 9.17) is 0 Å². The maximum atomic E-state index is 12.6. The number of likely N-dealkylation sites (tertiary alicyclic amines) is 1. The summed E-state index contributed by atoms with van der Waals surface area (Å²) in [5, 5.41) is 5.74. The van der Waals surface area contributed by atoms with Crippen molar-refractivity contribution in [2.75, 3.05) is 18.4 Å². The molecule has 23 heavy (non-hydrogen) atoms. The van der Waals surface area contributed by atoms with Crippen molar-refractivity contribution in [2.45, 2.75) is 46.6 Å². The molecule has 0 saturated carbocycles. The average Bonchev–Trinajstić information content (AvgIpc) is 3.02. The number of hydrogen-bond acceptors (Lipinski definition) is 2. The molecule has 1 fully saturated rings. The quantitative estimate of drug-likeness (QED) is 0.896. The van der Waals surface area contributed by atoms with Crippen LogP contribution in [0.15, 0.2) is 18.2 Å². The number of aryl methyl sites for hydroxylation is 2. The van der Waals surface area contributed by atoms with Crippen LogP contribution in [0.4, 0.5) is 10.5 Å². The fourth-order valence-electron chi connectivity index (χ4n) is 2.95. The first-order valence-corrected chi connectivity index (χ1v) is 8.32. The predicted molar refractivity (Wildman–Crippen MR) is 92.5 cm³/mol. The first-order valence-electron chi connectivity index (χ1n) is 8.32. The lowest BCUT2D eigenvalue weighted by molar-refractivity contribution is -0.133. The third kappa shape index (κ3) is 4.24. The molecule has 0 aromatic heterocycles. The normalized spacial score (nSPS) is 15.6. The van der Waals surface area contributed by atoms with Crippen LogP contribution in [0.3, 0.4) is 0 Å². The second-order valence-corrected chi connectivity index (χ2v) is 6.62. The summed E-state index contributed by atoms with van der Waals surface area (Å²) in [4.78, 5) is 26.8. The number of para-hydroxylation sites is 1. The standard InChI is InChI=1S/C18H27N3O2/c1-12(2)15(17(22)21-10-5-6-11-21)19-18(23)20-16-13(3)8-7-9-14(16)4/h7-9,12,15H,5-6,10-11H2,1-4H3,(H2,19,20,23). The third-order valence-corrected chi connectivity index (χ3v) is 4.36. The zero-order chi connectivity index (χ0) is 17.0. The van der Waals surface area contributed by atoms with Gasteiger partial charge in [-0.3, -0.25) is 4.79 Å². The highest BCUT2D eigenvalue weighted by molar-refractivity contribution is 5.95. The van der Waals surface area contributed by atoms with Gasteiger partial charge in [0.05, 0.1) is 0 Å². The van der Waals surface area contributed by atoms with Crippen molar-refractivity contribution >= 4 is 17.6 Å². The number of anilines is 1. The number of hydrogen-bond donors (Lipinski definition) is 2. The zero-order valence-electron chi connectivity index (χ0n) is 14.5. The van der Waals surface area contributed by atoms with Crippen LogP contribution in [0.2, 0.25) is 0 Å². The monoisotopic (exact) mass is 317 g/mol. The molecule has 0 spiro atoms.